The van der Waals surface area contributed by atoms with E-state index in [2.05, 4.69) is 10.6 Å². The predicted octanol–water partition coefficient (Wildman–Crippen LogP) is 4.55. The van der Waals surface area contributed by atoms with Gasteiger partial charge in [-0.05, 0) is 55.5 Å². The van der Waals surface area contributed by atoms with Crippen LogP contribution in [0.4, 0.5) is 17.1 Å². The number of hydrogen-bond acceptors (Lipinski definition) is 6. The van der Waals surface area contributed by atoms with E-state index in [0.717, 1.165) is 4.90 Å². The summed E-state index contributed by atoms with van der Waals surface area (Å²) in [5.41, 5.74) is 1.60. The number of ether oxygens (including phenoxy) is 1. The first-order chi connectivity index (χ1) is 16.9. The summed E-state index contributed by atoms with van der Waals surface area (Å²) in [5.74, 6) is -2.35. The molecule has 0 spiro atoms. The molecule has 0 saturated carbocycles. The molecule has 35 heavy (non-hydrogen) atoms. The predicted molar refractivity (Wildman–Crippen MR) is 132 cm³/mol. The van der Waals surface area contributed by atoms with E-state index in [0.29, 0.717) is 16.9 Å². The number of imide groups is 1. The smallest absolute Gasteiger partial charge is 0.338 e. The molecule has 176 valence electrons. The van der Waals surface area contributed by atoms with Crippen LogP contribution in [-0.4, -0.2) is 30.3 Å². The number of halogens is 1. The molecule has 0 radical (unpaired) electrons. The molecule has 0 aromatic heterocycles. The highest BCUT2D eigenvalue weighted by molar-refractivity contribution is 6.53. The molecule has 1 aliphatic rings. The van der Waals surface area contributed by atoms with E-state index in [4.69, 9.17) is 16.3 Å². The van der Waals surface area contributed by atoms with Crippen molar-refractivity contribution in [2.45, 2.75) is 6.92 Å². The van der Waals surface area contributed by atoms with Gasteiger partial charge in [0, 0.05) is 16.9 Å². The minimum absolute atomic E-state index is 0.140. The molecule has 0 saturated heterocycles. The number of esters is 1. The molecule has 3 amide bonds. The van der Waals surface area contributed by atoms with Crippen LogP contribution in [0.5, 0.6) is 0 Å². The first kappa shape index (κ1) is 23.7. The number of hydrogen-bond donors (Lipinski definition) is 2. The summed E-state index contributed by atoms with van der Waals surface area (Å²) < 4.78 is 4.98. The van der Waals surface area contributed by atoms with Crippen molar-refractivity contribution < 1.29 is 23.9 Å². The van der Waals surface area contributed by atoms with Crippen molar-refractivity contribution in [3.8, 4) is 0 Å². The number of nitrogens with one attached hydrogen (secondary N) is 2. The maximum absolute atomic E-state index is 13.1. The summed E-state index contributed by atoms with van der Waals surface area (Å²) in [6.07, 6.45) is 0. The Bertz CT molecular complexity index is 1350. The first-order valence-electron chi connectivity index (χ1n) is 10.7. The van der Waals surface area contributed by atoms with Crippen LogP contribution < -0.4 is 15.5 Å². The van der Waals surface area contributed by atoms with Crippen molar-refractivity contribution in [3.05, 3.63) is 101 Å². The number of carbonyl (C=O) groups excluding carboxylic acids is 4. The molecule has 0 aliphatic carbocycles. The fraction of sp³-hybridized carbons (Fsp3) is 0.0769. The second kappa shape index (κ2) is 10.2. The van der Waals surface area contributed by atoms with E-state index < -0.39 is 17.8 Å². The number of para-hydroxylation sites is 1. The Kier molecular flexibility index (Phi) is 6.93. The molecule has 0 atom stereocenters. The van der Waals surface area contributed by atoms with Crippen LogP contribution in [0.2, 0.25) is 0 Å². The summed E-state index contributed by atoms with van der Waals surface area (Å²) in [6, 6.07) is 21.4. The lowest BCUT2D eigenvalue weighted by molar-refractivity contribution is -0.120. The van der Waals surface area contributed by atoms with Crippen molar-refractivity contribution in [2.75, 3.05) is 22.1 Å². The molecule has 3 aromatic rings. The van der Waals surface area contributed by atoms with Crippen molar-refractivity contribution in [3.63, 3.8) is 0 Å². The normalized spacial score (nSPS) is 13.1. The van der Waals surface area contributed by atoms with Crippen molar-refractivity contribution in [2.24, 2.45) is 0 Å². The third-order valence-electron chi connectivity index (χ3n) is 5.07. The van der Waals surface area contributed by atoms with Crippen LogP contribution in [0.1, 0.15) is 27.6 Å². The van der Waals surface area contributed by atoms with Crippen LogP contribution in [0.25, 0.3) is 0 Å². The number of rotatable bonds is 7. The third-order valence-corrected chi connectivity index (χ3v) is 5.42. The van der Waals surface area contributed by atoms with Crippen molar-refractivity contribution in [1.29, 1.82) is 0 Å². The van der Waals surface area contributed by atoms with Gasteiger partial charge in [0.2, 0.25) is 0 Å². The van der Waals surface area contributed by atoms with Crippen LogP contribution in [0, 0.1) is 0 Å². The fourth-order valence-electron chi connectivity index (χ4n) is 3.44. The minimum Gasteiger partial charge on any atom is -0.462 e. The third kappa shape index (κ3) is 5.07. The first-order valence-corrected chi connectivity index (χ1v) is 11.1. The molecule has 2 N–H and O–H groups in total. The Balaban J connectivity index is 1.54. The molecule has 4 rings (SSSR count). The van der Waals surface area contributed by atoms with Gasteiger partial charge in [0.1, 0.15) is 10.7 Å². The average molecular weight is 490 g/mol. The monoisotopic (exact) mass is 489 g/mol. The Morgan fingerprint density at radius 3 is 2.29 bits per heavy atom. The van der Waals surface area contributed by atoms with Gasteiger partial charge < -0.3 is 15.4 Å². The highest BCUT2D eigenvalue weighted by Gasteiger charge is 2.39. The summed E-state index contributed by atoms with van der Waals surface area (Å²) in [5, 5.41) is 5.33. The maximum atomic E-state index is 13.1. The molecule has 3 aromatic carbocycles. The molecule has 9 heteroatoms. The Labute approximate surface area is 206 Å². The zero-order chi connectivity index (χ0) is 24.9. The van der Waals surface area contributed by atoms with Gasteiger partial charge in [0.25, 0.3) is 17.7 Å². The molecule has 0 bridgehead atoms. The number of benzene rings is 3. The number of nitrogens with zero attached hydrogens (tertiary/aromatic N) is 1. The second-order valence-electron chi connectivity index (χ2n) is 7.43. The van der Waals surface area contributed by atoms with E-state index in [1.165, 1.54) is 30.3 Å². The van der Waals surface area contributed by atoms with E-state index >= 15 is 0 Å². The Morgan fingerprint density at radius 1 is 0.857 bits per heavy atom. The molecule has 0 fully saturated rings. The standard InChI is InChI=1S/C26H20ClN3O5/c1-2-35-26(34)17-9-7-13-20(15-17)30-24(32)21(27)22(25(30)33)28-19-12-6-8-16(14-19)23(31)29-18-10-4-3-5-11-18/h3-15,28H,2H2,1H3,(H,29,31). The van der Waals surface area contributed by atoms with Crippen LogP contribution >= 0.6 is 11.6 Å². The van der Waals surface area contributed by atoms with E-state index in [1.54, 1.807) is 49.4 Å². The van der Waals surface area contributed by atoms with Crippen LogP contribution in [0.15, 0.2) is 89.6 Å². The lowest BCUT2D eigenvalue weighted by Gasteiger charge is -2.16. The number of anilines is 3. The summed E-state index contributed by atoms with van der Waals surface area (Å²) in [7, 11) is 0. The largest absolute Gasteiger partial charge is 0.462 e. The maximum Gasteiger partial charge on any atom is 0.338 e. The van der Waals surface area contributed by atoms with Gasteiger partial charge in [-0.3, -0.25) is 14.4 Å². The zero-order valence-corrected chi connectivity index (χ0v) is 19.3. The summed E-state index contributed by atoms with van der Waals surface area (Å²) in [6.45, 7) is 1.87. The summed E-state index contributed by atoms with van der Waals surface area (Å²) >= 11 is 6.21. The lowest BCUT2D eigenvalue weighted by atomic mass is 10.1. The Morgan fingerprint density at radius 2 is 1.54 bits per heavy atom. The number of carbonyl (C=O) groups is 4. The quantitative estimate of drug-likeness (QED) is 0.372. The number of amides is 3. The van der Waals surface area contributed by atoms with Gasteiger partial charge in [0.15, 0.2) is 0 Å². The van der Waals surface area contributed by atoms with E-state index in [9.17, 15) is 19.2 Å². The van der Waals surface area contributed by atoms with Gasteiger partial charge in [-0.2, -0.15) is 0 Å². The van der Waals surface area contributed by atoms with Gasteiger partial charge in [-0.15, -0.1) is 0 Å². The van der Waals surface area contributed by atoms with Crippen LogP contribution in [-0.2, 0) is 14.3 Å². The second-order valence-corrected chi connectivity index (χ2v) is 7.81. The molecule has 1 heterocycles. The lowest BCUT2D eigenvalue weighted by Crippen LogP contribution is -2.32. The van der Waals surface area contributed by atoms with E-state index in [1.807, 2.05) is 6.07 Å². The summed E-state index contributed by atoms with van der Waals surface area (Å²) in [4.78, 5) is 51.4. The topological polar surface area (TPSA) is 105 Å². The average Bonchev–Trinajstić information content (AvgIpc) is 3.08. The van der Waals surface area contributed by atoms with Crippen LogP contribution in [0.3, 0.4) is 0 Å². The molecule has 1 aliphatic heterocycles. The van der Waals surface area contributed by atoms with Crippen molar-refractivity contribution in [1.82, 2.24) is 0 Å². The van der Waals surface area contributed by atoms with Gasteiger partial charge in [-0.1, -0.05) is 41.9 Å². The minimum atomic E-state index is -0.738. The molecular formula is C26H20ClN3O5. The highest BCUT2D eigenvalue weighted by atomic mass is 35.5. The van der Waals surface area contributed by atoms with Crippen molar-refractivity contribution >= 4 is 52.4 Å². The SMILES string of the molecule is CCOC(=O)c1cccc(N2C(=O)C(Cl)=C(Nc3cccc(C(=O)Nc4ccccc4)c3)C2=O)c1. The fourth-order valence-corrected chi connectivity index (χ4v) is 3.65. The Hall–Kier alpha value is -4.43. The van der Waals surface area contributed by atoms with Gasteiger partial charge in [0.05, 0.1) is 17.9 Å². The molecule has 0 unspecified atom stereocenters. The molecule has 8 nitrogen and oxygen atoms in total. The van der Waals surface area contributed by atoms with Gasteiger partial charge >= 0.3 is 5.97 Å². The highest BCUT2D eigenvalue weighted by Crippen LogP contribution is 2.31. The molecular weight excluding hydrogens is 470 g/mol. The van der Waals surface area contributed by atoms with Gasteiger partial charge in [-0.25, -0.2) is 9.69 Å². The zero-order valence-electron chi connectivity index (χ0n) is 18.6. The van der Waals surface area contributed by atoms with E-state index in [-0.39, 0.29) is 34.5 Å².